The summed E-state index contributed by atoms with van der Waals surface area (Å²) < 4.78 is 40.0. The summed E-state index contributed by atoms with van der Waals surface area (Å²) in [5.74, 6) is -0.550. The van der Waals surface area contributed by atoms with Crippen LogP contribution in [0.2, 0.25) is 0 Å². The number of hydrogen-bond acceptors (Lipinski definition) is 5. The molecule has 2 heterocycles. The molecule has 0 bridgehead atoms. The fourth-order valence-electron chi connectivity index (χ4n) is 1.23. The molecule has 0 aliphatic rings. The van der Waals surface area contributed by atoms with E-state index < -0.39 is 15.8 Å². The predicted octanol–water partition coefficient (Wildman–Crippen LogP) is 0.912. The Balaban J connectivity index is 2.36. The summed E-state index contributed by atoms with van der Waals surface area (Å²) in [6.45, 7) is 0. The zero-order valence-electron chi connectivity index (χ0n) is 9.00. The average Bonchev–Trinajstić information content (AvgIpc) is 2.62. The molecular formula is C8H7BrFN5O2S. The SMILES string of the molecule is Cn1nnc(Br)c1S(=O)(=O)Nc1ccc(F)cn1. The molecule has 0 aromatic carbocycles. The van der Waals surface area contributed by atoms with Crippen LogP contribution in [0.15, 0.2) is 28.0 Å². The van der Waals surface area contributed by atoms with Gasteiger partial charge in [0.05, 0.1) is 6.20 Å². The topological polar surface area (TPSA) is 89.8 Å². The van der Waals surface area contributed by atoms with Gasteiger partial charge in [-0.25, -0.2) is 14.1 Å². The summed E-state index contributed by atoms with van der Waals surface area (Å²) >= 11 is 2.98. The van der Waals surface area contributed by atoms with Gasteiger partial charge in [0.25, 0.3) is 10.0 Å². The maximum Gasteiger partial charge on any atom is 0.283 e. The van der Waals surface area contributed by atoms with E-state index in [0.717, 1.165) is 16.9 Å². The van der Waals surface area contributed by atoms with E-state index in [1.54, 1.807) is 0 Å². The first-order valence-electron chi connectivity index (χ1n) is 4.60. The number of rotatable bonds is 3. The number of anilines is 1. The van der Waals surface area contributed by atoms with Gasteiger partial charge < -0.3 is 0 Å². The minimum Gasteiger partial charge on any atom is -0.262 e. The van der Waals surface area contributed by atoms with E-state index in [4.69, 9.17) is 0 Å². The van der Waals surface area contributed by atoms with Crippen LogP contribution >= 0.6 is 15.9 Å². The molecule has 2 aromatic rings. The number of nitrogens with zero attached hydrogens (tertiary/aromatic N) is 4. The predicted molar refractivity (Wildman–Crippen MR) is 63.7 cm³/mol. The summed E-state index contributed by atoms with van der Waals surface area (Å²) in [6, 6.07) is 2.31. The second-order valence-electron chi connectivity index (χ2n) is 3.28. The third-order valence-electron chi connectivity index (χ3n) is 1.96. The molecule has 0 saturated heterocycles. The lowest BCUT2D eigenvalue weighted by Gasteiger charge is -2.06. The molecule has 0 spiro atoms. The van der Waals surface area contributed by atoms with Gasteiger partial charge in [0.2, 0.25) is 5.03 Å². The van der Waals surface area contributed by atoms with Crippen LogP contribution in [0.25, 0.3) is 0 Å². The summed E-state index contributed by atoms with van der Waals surface area (Å²) in [7, 11) is -2.45. The Morgan fingerprint density at radius 3 is 2.67 bits per heavy atom. The first-order chi connectivity index (χ1) is 8.40. The molecule has 0 aliphatic heterocycles. The Kier molecular flexibility index (Phi) is 3.30. The zero-order chi connectivity index (χ0) is 13.3. The van der Waals surface area contributed by atoms with Gasteiger partial charge in [0, 0.05) is 7.05 Å². The van der Waals surface area contributed by atoms with E-state index in [0.29, 0.717) is 0 Å². The lowest BCUT2D eigenvalue weighted by Crippen LogP contribution is -2.17. The molecule has 18 heavy (non-hydrogen) atoms. The van der Waals surface area contributed by atoms with Crippen molar-refractivity contribution in [1.82, 2.24) is 20.0 Å². The van der Waals surface area contributed by atoms with Crippen LogP contribution in [0.1, 0.15) is 0 Å². The van der Waals surface area contributed by atoms with Crippen molar-refractivity contribution in [3.8, 4) is 0 Å². The summed E-state index contributed by atoms with van der Waals surface area (Å²) in [5, 5.41) is 6.98. The highest BCUT2D eigenvalue weighted by Gasteiger charge is 2.24. The van der Waals surface area contributed by atoms with E-state index in [1.807, 2.05) is 0 Å². The van der Waals surface area contributed by atoms with Crippen molar-refractivity contribution < 1.29 is 12.8 Å². The van der Waals surface area contributed by atoms with E-state index in [9.17, 15) is 12.8 Å². The largest absolute Gasteiger partial charge is 0.283 e. The summed E-state index contributed by atoms with van der Waals surface area (Å²) in [6.07, 6.45) is 0.911. The zero-order valence-corrected chi connectivity index (χ0v) is 11.4. The molecule has 96 valence electrons. The van der Waals surface area contributed by atoms with E-state index in [2.05, 4.69) is 35.9 Å². The van der Waals surface area contributed by atoms with Gasteiger partial charge in [-0.05, 0) is 28.1 Å². The normalized spacial score (nSPS) is 11.5. The van der Waals surface area contributed by atoms with Gasteiger partial charge in [-0.3, -0.25) is 4.72 Å². The second-order valence-corrected chi connectivity index (χ2v) is 5.63. The van der Waals surface area contributed by atoms with Crippen LogP contribution in [0.3, 0.4) is 0 Å². The van der Waals surface area contributed by atoms with Crippen LogP contribution in [0.5, 0.6) is 0 Å². The van der Waals surface area contributed by atoms with Crippen LogP contribution in [-0.2, 0) is 17.1 Å². The van der Waals surface area contributed by atoms with Crippen LogP contribution in [0, 0.1) is 5.82 Å². The maximum atomic E-state index is 12.6. The van der Waals surface area contributed by atoms with E-state index in [-0.39, 0.29) is 15.4 Å². The molecule has 0 saturated carbocycles. The number of pyridine rings is 1. The van der Waals surface area contributed by atoms with Gasteiger partial charge in [-0.2, -0.15) is 8.42 Å². The van der Waals surface area contributed by atoms with Gasteiger partial charge >= 0.3 is 0 Å². The molecule has 2 rings (SSSR count). The van der Waals surface area contributed by atoms with Crippen molar-refractivity contribution in [2.45, 2.75) is 5.03 Å². The maximum absolute atomic E-state index is 12.6. The first kappa shape index (κ1) is 12.9. The molecule has 0 amide bonds. The Bertz CT molecular complexity index is 650. The Hall–Kier alpha value is -1.55. The molecule has 0 radical (unpaired) electrons. The number of aryl methyl sites for hydroxylation is 1. The fourth-order valence-corrected chi connectivity index (χ4v) is 3.34. The van der Waals surface area contributed by atoms with Crippen molar-refractivity contribution in [3.63, 3.8) is 0 Å². The van der Waals surface area contributed by atoms with Crippen molar-refractivity contribution >= 4 is 31.8 Å². The lowest BCUT2D eigenvalue weighted by molar-refractivity contribution is 0.578. The molecule has 0 unspecified atom stereocenters. The quantitative estimate of drug-likeness (QED) is 0.900. The molecule has 2 aromatic heterocycles. The van der Waals surface area contributed by atoms with E-state index >= 15 is 0 Å². The Labute approximate surface area is 110 Å². The molecular weight excluding hydrogens is 329 g/mol. The number of hydrogen-bond donors (Lipinski definition) is 1. The third-order valence-corrected chi connectivity index (χ3v) is 4.20. The minimum absolute atomic E-state index is 0.00417. The number of halogens is 2. The monoisotopic (exact) mass is 335 g/mol. The standard InChI is InChI=1S/C8H7BrFN5O2S/c1-15-8(7(9)12-14-15)18(16,17)13-6-3-2-5(10)4-11-6/h2-4H,1H3,(H,11,13). The third kappa shape index (κ3) is 2.48. The molecule has 7 nitrogen and oxygen atoms in total. The van der Waals surface area contributed by atoms with Crippen LogP contribution in [-0.4, -0.2) is 28.4 Å². The Morgan fingerprint density at radius 1 is 1.44 bits per heavy atom. The fraction of sp³-hybridized carbons (Fsp3) is 0.125. The minimum atomic E-state index is -3.89. The average molecular weight is 336 g/mol. The van der Waals surface area contributed by atoms with Gasteiger partial charge in [-0.1, -0.05) is 5.21 Å². The van der Waals surface area contributed by atoms with Gasteiger partial charge in [0.15, 0.2) is 4.60 Å². The van der Waals surface area contributed by atoms with Gasteiger partial charge in [0.1, 0.15) is 11.6 Å². The van der Waals surface area contributed by atoms with Crippen molar-refractivity contribution in [2.75, 3.05) is 4.72 Å². The molecule has 0 aliphatic carbocycles. The number of sulfonamides is 1. The highest BCUT2D eigenvalue weighted by Crippen LogP contribution is 2.20. The summed E-state index contributed by atoms with van der Waals surface area (Å²) in [4.78, 5) is 3.60. The first-order valence-corrected chi connectivity index (χ1v) is 6.87. The number of nitrogens with one attached hydrogen (secondary N) is 1. The summed E-state index contributed by atoms with van der Waals surface area (Å²) in [5.41, 5.74) is 0. The van der Waals surface area contributed by atoms with Crippen LogP contribution in [0.4, 0.5) is 10.2 Å². The molecule has 10 heteroatoms. The van der Waals surface area contributed by atoms with E-state index in [1.165, 1.54) is 13.1 Å². The highest BCUT2D eigenvalue weighted by atomic mass is 79.9. The molecule has 0 atom stereocenters. The highest BCUT2D eigenvalue weighted by molar-refractivity contribution is 9.10. The van der Waals surface area contributed by atoms with Crippen molar-refractivity contribution in [1.29, 1.82) is 0 Å². The Morgan fingerprint density at radius 2 is 2.17 bits per heavy atom. The molecule has 0 fully saturated rings. The van der Waals surface area contributed by atoms with Crippen LogP contribution < -0.4 is 4.72 Å². The number of aromatic nitrogens is 4. The lowest BCUT2D eigenvalue weighted by atomic mass is 10.5. The van der Waals surface area contributed by atoms with Crippen molar-refractivity contribution in [3.05, 3.63) is 28.7 Å². The van der Waals surface area contributed by atoms with Crippen molar-refractivity contribution in [2.24, 2.45) is 7.05 Å². The second kappa shape index (κ2) is 4.61. The molecule has 1 N–H and O–H groups in total. The van der Waals surface area contributed by atoms with Gasteiger partial charge in [-0.15, -0.1) is 5.10 Å². The smallest absolute Gasteiger partial charge is 0.262 e.